The van der Waals surface area contributed by atoms with Gasteiger partial charge in [-0.05, 0) is 37.5 Å². The van der Waals surface area contributed by atoms with Crippen molar-refractivity contribution in [2.75, 3.05) is 14.2 Å². The zero-order valence-corrected chi connectivity index (χ0v) is 16.6. The van der Waals surface area contributed by atoms with Gasteiger partial charge in [0.2, 0.25) is 0 Å². The van der Waals surface area contributed by atoms with E-state index < -0.39 is 24.0 Å². The first kappa shape index (κ1) is 21.5. The number of benzene rings is 1. The van der Waals surface area contributed by atoms with Crippen LogP contribution in [0.1, 0.15) is 44.6 Å². The molecular weight excluding hydrogens is 364 g/mol. The van der Waals surface area contributed by atoms with E-state index in [1.165, 1.54) is 27.6 Å². The SMILES string of the molecule is COc1ccc(CC(=O)O[C@H](C)C(=O)NC(=O)NC2CCCCC2)cc1OC. The van der Waals surface area contributed by atoms with Crippen molar-refractivity contribution in [1.29, 1.82) is 0 Å². The van der Waals surface area contributed by atoms with Gasteiger partial charge in [0.05, 0.1) is 20.6 Å². The number of rotatable bonds is 7. The lowest BCUT2D eigenvalue weighted by atomic mass is 9.96. The Bertz CT molecular complexity index is 700. The van der Waals surface area contributed by atoms with Gasteiger partial charge in [0.15, 0.2) is 17.6 Å². The fourth-order valence-corrected chi connectivity index (χ4v) is 3.13. The summed E-state index contributed by atoms with van der Waals surface area (Å²) in [7, 11) is 3.03. The van der Waals surface area contributed by atoms with Gasteiger partial charge < -0.3 is 19.5 Å². The molecule has 1 aliphatic rings. The second kappa shape index (κ2) is 10.5. The number of carbonyl (C=O) groups excluding carboxylic acids is 3. The Kier molecular flexibility index (Phi) is 8.10. The minimum absolute atomic E-state index is 0.0355. The van der Waals surface area contributed by atoms with Crippen LogP contribution in [-0.4, -0.2) is 44.3 Å². The van der Waals surface area contributed by atoms with Gasteiger partial charge in [0.25, 0.3) is 5.91 Å². The third-order valence-electron chi connectivity index (χ3n) is 4.65. The number of ether oxygens (including phenoxy) is 3. The van der Waals surface area contributed by atoms with E-state index in [0.717, 1.165) is 25.7 Å². The van der Waals surface area contributed by atoms with Crippen molar-refractivity contribution in [3.63, 3.8) is 0 Å². The van der Waals surface area contributed by atoms with Crippen LogP contribution in [0.25, 0.3) is 0 Å². The molecule has 0 unspecified atom stereocenters. The number of nitrogens with one attached hydrogen (secondary N) is 2. The largest absolute Gasteiger partial charge is 0.493 e. The maximum Gasteiger partial charge on any atom is 0.321 e. The lowest BCUT2D eigenvalue weighted by molar-refractivity contribution is -0.153. The van der Waals surface area contributed by atoms with Crippen LogP contribution in [0.15, 0.2) is 18.2 Å². The Hall–Kier alpha value is -2.77. The minimum atomic E-state index is -1.08. The number of hydrogen-bond acceptors (Lipinski definition) is 6. The molecule has 28 heavy (non-hydrogen) atoms. The summed E-state index contributed by atoms with van der Waals surface area (Å²) in [5.41, 5.74) is 0.658. The molecule has 8 heteroatoms. The van der Waals surface area contributed by atoms with E-state index in [0.29, 0.717) is 17.1 Å². The van der Waals surface area contributed by atoms with Crippen molar-refractivity contribution in [2.45, 2.75) is 57.6 Å². The third kappa shape index (κ3) is 6.44. The van der Waals surface area contributed by atoms with Crippen LogP contribution in [-0.2, 0) is 20.7 Å². The second-order valence-electron chi connectivity index (χ2n) is 6.80. The second-order valence-corrected chi connectivity index (χ2v) is 6.80. The molecule has 1 aromatic carbocycles. The summed E-state index contributed by atoms with van der Waals surface area (Å²) in [6.45, 7) is 1.43. The van der Waals surface area contributed by atoms with Crippen molar-refractivity contribution in [2.24, 2.45) is 0 Å². The number of imide groups is 1. The third-order valence-corrected chi connectivity index (χ3v) is 4.65. The highest BCUT2D eigenvalue weighted by molar-refractivity contribution is 5.97. The van der Waals surface area contributed by atoms with Crippen LogP contribution in [0.3, 0.4) is 0 Å². The lowest BCUT2D eigenvalue weighted by Crippen LogP contribution is -2.48. The van der Waals surface area contributed by atoms with Crippen LogP contribution >= 0.6 is 0 Å². The molecule has 2 rings (SSSR count). The number of methoxy groups -OCH3 is 2. The summed E-state index contributed by atoms with van der Waals surface area (Å²) in [5.74, 6) is -0.189. The van der Waals surface area contributed by atoms with E-state index in [1.807, 2.05) is 0 Å². The van der Waals surface area contributed by atoms with E-state index in [4.69, 9.17) is 14.2 Å². The minimum Gasteiger partial charge on any atom is -0.493 e. The molecule has 0 aromatic heterocycles. The van der Waals surface area contributed by atoms with Crippen LogP contribution in [0.5, 0.6) is 11.5 Å². The molecule has 0 aliphatic heterocycles. The average Bonchev–Trinajstić information content (AvgIpc) is 2.68. The first-order chi connectivity index (χ1) is 13.4. The number of carbonyl (C=O) groups is 3. The van der Waals surface area contributed by atoms with Gasteiger partial charge in [-0.15, -0.1) is 0 Å². The van der Waals surface area contributed by atoms with Gasteiger partial charge >= 0.3 is 12.0 Å². The van der Waals surface area contributed by atoms with Crippen molar-refractivity contribution >= 4 is 17.9 Å². The molecule has 1 aromatic rings. The smallest absolute Gasteiger partial charge is 0.321 e. The molecule has 0 heterocycles. The summed E-state index contributed by atoms with van der Waals surface area (Å²) in [6.07, 6.45) is 4.03. The van der Waals surface area contributed by atoms with Gasteiger partial charge in [-0.25, -0.2) is 4.79 Å². The topological polar surface area (TPSA) is 103 Å². The van der Waals surface area contributed by atoms with Crippen molar-refractivity contribution in [1.82, 2.24) is 10.6 Å². The Balaban J connectivity index is 1.80. The molecule has 154 valence electrons. The zero-order chi connectivity index (χ0) is 20.5. The predicted molar refractivity (Wildman–Crippen MR) is 102 cm³/mol. The van der Waals surface area contributed by atoms with Crippen LogP contribution in [0.4, 0.5) is 4.79 Å². The average molecular weight is 392 g/mol. The van der Waals surface area contributed by atoms with Crippen molar-refractivity contribution in [3.05, 3.63) is 23.8 Å². The monoisotopic (exact) mass is 392 g/mol. The van der Waals surface area contributed by atoms with Crippen LogP contribution in [0, 0.1) is 0 Å². The molecule has 2 N–H and O–H groups in total. The van der Waals surface area contributed by atoms with Gasteiger partial charge in [-0.2, -0.15) is 0 Å². The normalized spacial score (nSPS) is 15.2. The quantitative estimate of drug-likeness (QED) is 0.691. The Labute approximate surface area is 164 Å². The van der Waals surface area contributed by atoms with Crippen LogP contribution in [0.2, 0.25) is 0 Å². The van der Waals surface area contributed by atoms with Gasteiger partial charge in [-0.3, -0.25) is 14.9 Å². The van der Waals surface area contributed by atoms with E-state index >= 15 is 0 Å². The molecular formula is C20H28N2O6. The Morgan fingerprint density at radius 2 is 1.75 bits per heavy atom. The Morgan fingerprint density at radius 3 is 2.39 bits per heavy atom. The lowest BCUT2D eigenvalue weighted by Gasteiger charge is -2.23. The highest BCUT2D eigenvalue weighted by Crippen LogP contribution is 2.27. The molecule has 3 amide bonds. The van der Waals surface area contributed by atoms with E-state index in [-0.39, 0.29) is 12.5 Å². The van der Waals surface area contributed by atoms with Crippen molar-refractivity contribution < 1.29 is 28.6 Å². The number of esters is 1. The maximum atomic E-state index is 12.1. The maximum absolute atomic E-state index is 12.1. The van der Waals surface area contributed by atoms with Gasteiger partial charge in [-0.1, -0.05) is 25.3 Å². The highest BCUT2D eigenvalue weighted by atomic mass is 16.5. The molecule has 0 radical (unpaired) electrons. The number of amides is 3. The summed E-state index contributed by atoms with van der Waals surface area (Å²) in [5, 5.41) is 5.01. The van der Waals surface area contributed by atoms with E-state index in [1.54, 1.807) is 18.2 Å². The summed E-state index contributed by atoms with van der Waals surface area (Å²) >= 11 is 0. The number of hydrogen-bond donors (Lipinski definition) is 2. The molecule has 1 saturated carbocycles. The first-order valence-electron chi connectivity index (χ1n) is 9.44. The molecule has 1 fully saturated rings. The van der Waals surface area contributed by atoms with E-state index in [2.05, 4.69) is 10.6 Å². The summed E-state index contributed by atoms with van der Waals surface area (Å²) in [6, 6.07) is 4.60. The highest BCUT2D eigenvalue weighted by Gasteiger charge is 2.22. The zero-order valence-electron chi connectivity index (χ0n) is 16.6. The molecule has 0 spiro atoms. The predicted octanol–water partition coefficient (Wildman–Crippen LogP) is 2.34. The fourth-order valence-electron chi connectivity index (χ4n) is 3.13. The standard InChI is InChI=1S/C20H28N2O6/c1-13(19(24)22-20(25)21-15-7-5-4-6-8-15)28-18(23)12-14-9-10-16(26-2)17(11-14)27-3/h9-11,13,15H,4-8,12H2,1-3H3,(H2,21,22,24,25)/t13-/m1/s1. The Morgan fingerprint density at radius 1 is 1.07 bits per heavy atom. The van der Waals surface area contributed by atoms with Crippen molar-refractivity contribution in [3.8, 4) is 11.5 Å². The van der Waals surface area contributed by atoms with E-state index in [9.17, 15) is 14.4 Å². The summed E-state index contributed by atoms with van der Waals surface area (Å²) in [4.78, 5) is 36.1. The molecule has 0 bridgehead atoms. The first-order valence-corrected chi connectivity index (χ1v) is 9.44. The molecule has 0 saturated heterocycles. The van der Waals surface area contributed by atoms with Gasteiger partial charge in [0.1, 0.15) is 0 Å². The molecule has 1 atom stereocenters. The molecule has 1 aliphatic carbocycles. The fraction of sp³-hybridized carbons (Fsp3) is 0.550. The molecule has 8 nitrogen and oxygen atoms in total. The number of urea groups is 1. The summed E-state index contributed by atoms with van der Waals surface area (Å²) < 4.78 is 15.5. The van der Waals surface area contributed by atoms with Crippen LogP contribution < -0.4 is 20.1 Å². The van der Waals surface area contributed by atoms with Gasteiger partial charge in [0, 0.05) is 6.04 Å².